The molecular formula is C86H78O42. The largest absolute Gasteiger partial charge is 0.507 e. The fourth-order valence-corrected chi connectivity index (χ4v) is 16.9. The number of aliphatic hydroxyl groups is 10. The van der Waals surface area contributed by atoms with Crippen LogP contribution in [0.4, 0.5) is 0 Å². The minimum absolute atomic E-state index is 0.234. The summed E-state index contributed by atoms with van der Waals surface area (Å²) in [5.74, 6) is -34.6. The van der Waals surface area contributed by atoms with Crippen LogP contribution >= 0.6 is 0 Å². The van der Waals surface area contributed by atoms with E-state index < -0.39 is 359 Å². The SMILES string of the molecule is O=C(OC1Cc2c(OC3OC(CO)C(O)C(O)C3O)cc(O)c(C3c4c(O)cc(O)c(C5c6c(O)cc(O)c(C7c8c(O)cc(OC9OC(CO)C(O)C(O)C9O)cc8OC(c8ccc(O)c(O)c8)C7OC(=O)c7cc(O)c(O)c(O)c7)c6OC(c6ccc(O)c(O)c6)C5O)c4OC(c4ccc(O)c(O)c4)C3O)c2OC1c1ccc(O)c(O)c1)c1cc(O)c(O)c(O)c1. The highest BCUT2D eigenvalue weighted by molar-refractivity contribution is 5.92. The molecule has 0 aromatic heterocycles. The fourth-order valence-electron chi connectivity index (χ4n) is 16.9. The van der Waals surface area contributed by atoms with E-state index in [0.717, 1.165) is 91.0 Å². The number of rotatable bonds is 17. The van der Waals surface area contributed by atoms with E-state index in [2.05, 4.69) is 0 Å². The third kappa shape index (κ3) is 15.0. The summed E-state index contributed by atoms with van der Waals surface area (Å²) >= 11 is 0. The molecule has 10 aromatic carbocycles. The summed E-state index contributed by atoms with van der Waals surface area (Å²) in [5, 5.41) is 344. The van der Waals surface area contributed by atoms with Crippen LogP contribution in [0.15, 0.2) is 127 Å². The standard InChI is InChI=1S/C86H78O42/c87-23-54-67(109)71(113)73(115)85(123-54)119-31-17-41(97)56-52(18-31)120-78(28-4-8-36(92)40(96)12-28)82(128-84(118)30-15-49(105)66(108)50(106)16-30)64(56)61-45(101)21-44(100)60-63(70(112)77(127-81(60)61)27-3-7-35(91)39(95)11-27)59-43(99)20-42(98)58-62(69(111)76(126-80(58)59)26-2-6-34(90)38(94)10-26)57-46(102)22-51(122-86-74(116)72(114)68(110)55(24-88)124-86)32-19-53(121-83(117)29-13-47(103)65(107)48(104)14-29)75(125-79(32)57)25-1-5-33(89)37(93)9-25/h1-18,20-22,53-55,62-64,67-78,82,85-116H,19,23-24H2. The Morgan fingerprint density at radius 3 is 1.09 bits per heavy atom. The van der Waals surface area contributed by atoms with E-state index >= 15 is 4.79 Å². The maximum absolute atomic E-state index is 15.1. The highest BCUT2D eigenvalue weighted by atomic mass is 16.7. The van der Waals surface area contributed by atoms with Gasteiger partial charge in [-0.2, -0.15) is 0 Å². The van der Waals surface area contributed by atoms with Crippen molar-refractivity contribution in [3.63, 3.8) is 0 Å². The summed E-state index contributed by atoms with van der Waals surface area (Å²) in [4.78, 5) is 29.6. The Bertz CT molecular complexity index is 6030. The molecule has 6 aliphatic heterocycles. The van der Waals surface area contributed by atoms with E-state index in [1.807, 2.05) is 0 Å². The molecule has 6 heterocycles. The Labute approximate surface area is 716 Å². The average Bonchev–Trinajstić information content (AvgIpc) is 0.702. The number of aliphatic hydroxyl groups excluding tert-OH is 10. The molecule has 42 heteroatoms. The number of carbonyl (C=O) groups is 2. The Kier molecular flexibility index (Phi) is 22.5. The molecule has 0 saturated carbocycles. The van der Waals surface area contributed by atoms with Crippen molar-refractivity contribution in [2.75, 3.05) is 13.2 Å². The maximum atomic E-state index is 15.1. The number of fused-ring (bicyclic) bond motifs is 4. The normalized spacial score (nSPS) is 26.9. The molecule has 0 spiro atoms. The molecule has 16 rings (SSSR count). The first-order valence-electron chi connectivity index (χ1n) is 38.7. The second-order valence-electron chi connectivity index (χ2n) is 31.0. The van der Waals surface area contributed by atoms with Gasteiger partial charge >= 0.3 is 11.9 Å². The molecule has 30 N–H and O–H groups in total. The molecular weight excluding hydrogens is 1700 g/mol. The van der Waals surface area contributed by atoms with E-state index in [4.69, 9.17) is 47.4 Å². The maximum Gasteiger partial charge on any atom is 0.338 e. The predicted octanol–water partition coefficient (Wildman–Crippen LogP) is 2.80. The van der Waals surface area contributed by atoms with Gasteiger partial charge in [0.25, 0.3) is 0 Å². The zero-order valence-electron chi connectivity index (χ0n) is 65.2. The van der Waals surface area contributed by atoms with Gasteiger partial charge in [0.1, 0.15) is 136 Å². The molecule has 6 aliphatic rings. The minimum atomic E-state index is -2.49. The van der Waals surface area contributed by atoms with Gasteiger partial charge in [-0.05, 0) is 83.9 Å². The Balaban J connectivity index is 0.961. The summed E-state index contributed by atoms with van der Waals surface area (Å²) in [6, 6.07) is 17.7. The molecule has 21 atom stereocenters. The van der Waals surface area contributed by atoms with Crippen LogP contribution in [0.25, 0.3) is 0 Å². The molecule has 2 saturated heterocycles. The van der Waals surface area contributed by atoms with E-state index in [9.17, 15) is 158 Å². The lowest BCUT2D eigenvalue weighted by Gasteiger charge is -2.45. The molecule has 10 aromatic rings. The van der Waals surface area contributed by atoms with Gasteiger partial charge in [0.05, 0.1) is 42.1 Å². The van der Waals surface area contributed by atoms with E-state index in [1.165, 1.54) is 0 Å². The molecule has 21 unspecified atom stereocenters. The predicted molar refractivity (Wildman–Crippen MR) is 420 cm³/mol. The van der Waals surface area contributed by atoms with Crippen molar-refractivity contribution in [1.82, 2.24) is 0 Å². The van der Waals surface area contributed by atoms with Crippen LogP contribution in [-0.2, 0) is 25.4 Å². The van der Waals surface area contributed by atoms with Crippen molar-refractivity contribution < 1.29 is 210 Å². The van der Waals surface area contributed by atoms with Crippen LogP contribution in [0.1, 0.15) is 124 Å². The molecule has 2 fully saturated rings. The third-order valence-electron chi connectivity index (χ3n) is 23.2. The minimum Gasteiger partial charge on any atom is -0.507 e. The number of aromatic hydroxyl groups is 20. The fraction of sp³-hybridized carbons (Fsp3) is 0.279. The lowest BCUT2D eigenvalue weighted by Crippen LogP contribution is -2.60. The van der Waals surface area contributed by atoms with Crippen molar-refractivity contribution in [1.29, 1.82) is 0 Å². The van der Waals surface area contributed by atoms with Crippen LogP contribution in [0.2, 0.25) is 0 Å². The van der Waals surface area contributed by atoms with Crippen LogP contribution in [0, 0.1) is 0 Å². The van der Waals surface area contributed by atoms with Gasteiger partial charge in [-0.1, -0.05) is 24.3 Å². The quantitative estimate of drug-likeness (QED) is 0.0460. The zero-order chi connectivity index (χ0) is 91.8. The topological polar surface area (TPSA) is 733 Å². The summed E-state index contributed by atoms with van der Waals surface area (Å²) in [6.45, 7) is -2.00. The van der Waals surface area contributed by atoms with Crippen LogP contribution in [0.3, 0.4) is 0 Å². The molecule has 0 aliphatic carbocycles. The van der Waals surface area contributed by atoms with Gasteiger partial charge in [-0.3, -0.25) is 0 Å². The summed E-state index contributed by atoms with van der Waals surface area (Å²) in [5.41, 5.74) is -7.93. The first-order chi connectivity index (χ1) is 60.7. The van der Waals surface area contributed by atoms with Gasteiger partial charge in [0.15, 0.2) is 111 Å². The molecule has 42 nitrogen and oxygen atoms in total. The Morgan fingerprint density at radius 2 is 0.672 bits per heavy atom. The monoisotopic (exact) mass is 1780 g/mol. The first kappa shape index (κ1) is 87.0. The lowest BCUT2D eigenvalue weighted by molar-refractivity contribution is -0.277. The van der Waals surface area contributed by atoms with Crippen LogP contribution in [-0.4, -0.2) is 264 Å². The average molecular weight is 1780 g/mol. The molecule has 0 bridgehead atoms. The highest BCUT2D eigenvalue weighted by Gasteiger charge is 2.56. The van der Waals surface area contributed by atoms with E-state index in [0.29, 0.717) is 36.4 Å². The number of carbonyl (C=O) groups excluding carboxylic acids is 2. The van der Waals surface area contributed by atoms with E-state index in [1.54, 1.807) is 0 Å². The van der Waals surface area contributed by atoms with Gasteiger partial charge < -0.3 is 201 Å². The first-order valence-corrected chi connectivity index (χ1v) is 38.7. The number of esters is 2. The van der Waals surface area contributed by atoms with Gasteiger partial charge in [0, 0.05) is 86.8 Å². The second-order valence-corrected chi connectivity index (χ2v) is 31.0. The number of hydrogen-bond acceptors (Lipinski definition) is 42. The number of phenolic OH excluding ortho intramolecular Hbond substituents is 20. The number of phenols is 20. The van der Waals surface area contributed by atoms with Crippen LogP contribution < -0.4 is 28.4 Å². The van der Waals surface area contributed by atoms with Crippen LogP contribution in [0.5, 0.6) is 149 Å². The number of ether oxygens (including phenoxy) is 10. The number of benzene rings is 10. The Hall–Kier alpha value is -14.5. The smallest absolute Gasteiger partial charge is 0.338 e. The van der Waals surface area contributed by atoms with Gasteiger partial charge in [0.2, 0.25) is 12.6 Å². The molecule has 128 heavy (non-hydrogen) atoms. The molecule has 0 amide bonds. The van der Waals surface area contributed by atoms with Gasteiger partial charge in [-0.15, -0.1) is 0 Å². The van der Waals surface area contributed by atoms with Crippen molar-refractivity contribution in [3.05, 3.63) is 200 Å². The van der Waals surface area contributed by atoms with Crippen molar-refractivity contribution >= 4 is 11.9 Å². The molecule has 674 valence electrons. The lowest BCUT2D eigenvalue weighted by atomic mass is 9.72. The van der Waals surface area contributed by atoms with Crippen molar-refractivity contribution in [3.8, 4) is 149 Å². The third-order valence-corrected chi connectivity index (χ3v) is 23.2. The molecule has 0 radical (unpaired) electrons. The van der Waals surface area contributed by atoms with Crippen molar-refractivity contribution in [2.24, 2.45) is 0 Å². The zero-order valence-corrected chi connectivity index (χ0v) is 65.2. The van der Waals surface area contributed by atoms with Gasteiger partial charge in [-0.25, -0.2) is 9.59 Å². The summed E-state index contributed by atoms with van der Waals surface area (Å²) in [7, 11) is 0. The number of hydrogen-bond donors (Lipinski definition) is 30. The van der Waals surface area contributed by atoms with Crippen molar-refractivity contribution in [2.45, 2.75) is 134 Å². The van der Waals surface area contributed by atoms with E-state index in [-0.39, 0.29) is 22.3 Å². The Morgan fingerprint density at radius 1 is 0.312 bits per heavy atom. The summed E-state index contributed by atoms with van der Waals surface area (Å²) in [6.07, 6.45) is -38.4. The summed E-state index contributed by atoms with van der Waals surface area (Å²) < 4.78 is 63.1. The second kappa shape index (κ2) is 33.1. The highest BCUT2D eigenvalue weighted by Crippen LogP contribution is 2.66.